The Morgan fingerprint density at radius 1 is 1.16 bits per heavy atom. The van der Waals surface area contributed by atoms with Gasteiger partial charge in [0.2, 0.25) is 0 Å². The van der Waals surface area contributed by atoms with Gasteiger partial charge in [0.1, 0.15) is 5.54 Å². The number of carbonyl (C=O) groups excluding carboxylic acids is 2. The lowest BCUT2D eigenvalue weighted by atomic mass is 9.91. The van der Waals surface area contributed by atoms with Gasteiger partial charge in [-0.05, 0) is 35.3 Å². The van der Waals surface area contributed by atoms with Crippen molar-refractivity contribution >= 4 is 11.9 Å². The van der Waals surface area contributed by atoms with E-state index in [1.54, 1.807) is 11.6 Å². The molecule has 1 fully saturated rings. The third-order valence-electron chi connectivity index (χ3n) is 4.24. The molecular formula is C17H22N6O2. The number of urea groups is 1. The Kier molecular flexibility index (Phi) is 4.52. The maximum Gasteiger partial charge on any atom is 0.325 e. The van der Waals surface area contributed by atoms with Crippen LogP contribution in [0.5, 0.6) is 0 Å². The van der Waals surface area contributed by atoms with Crippen LogP contribution in [0, 0.1) is 5.92 Å². The van der Waals surface area contributed by atoms with E-state index in [2.05, 4.69) is 20.8 Å². The monoisotopic (exact) mass is 342 g/mol. The van der Waals surface area contributed by atoms with Crippen LogP contribution in [-0.4, -0.2) is 42.6 Å². The van der Waals surface area contributed by atoms with E-state index in [1.165, 1.54) is 4.90 Å². The lowest BCUT2D eigenvalue weighted by molar-refractivity contribution is -0.131. The largest absolute Gasteiger partial charge is 0.325 e. The molecule has 8 nitrogen and oxygen atoms in total. The van der Waals surface area contributed by atoms with E-state index >= 15 is 0 Å². The van der Waals surface area contributed by atoms with Gasteiger partial charge in [-0.25, -0.2) is 9.48 Å². The predicted molar refractivity (Wildman–Crippen MR) is 90.3 cm³/mol. The highest BCUT2D eigenvalue weighted by Gasteiger charge is 2.48. The summed E-state index contributed by atoms with van der Waals surface area (Å²) in [6.07, 6.45) is 0.586. The average molecular weight is 342 g/mol. The standard InChI is InChI=1S/C17H22N6O2/c1-12(2)9-17(3)15(24)22(16(25)18-17)11-14-19-20-21-23(14)10-13-7-5-4-6-8-13/h4-8,12H,9-11H2,1-3H3,(H,18,25)/t17-/m0/s1. The molecule has 8 heteroatoms. The van der Waals surface area contributed by atoms with Crippen molar-refractivity contribution in [1.29, 1.82) is 0 Å². The molecule has 1 aromatic carbocycles. The second-order valence-electron chi connectivity index (χ2n) is 6.99. The summed E-state index contributed by atoms with van der Waals surface area (Å²) in [6, 6.07) is 9.36. The Hall–Kier alpha value is -2.77. The van der Waals surface area contributed by atoms with Crippen LogP contribution in [0.3, 0.4) is 0 Å². The summed E-state index contributed by atoms with van der Waals surface area (Å²) in [7, 11) is 0. The van der Waals surface area contributed by atoms with E-state index in [1.807, 2.05) is 44.2 Å². The molecule has 2 heterocycles. The Labute approximate surface area is 146 Å². The van der Waals surface area contributed by atoms with Gasteiger partial charge in [0.05, 0.1) is 13.1 Å². The van der Waals surface area contributed by atoms with Crippen molar-refractivity contribution in [3.8, 4) is 0 Å². The Morgan fingerprint density at radius 2 is 1.88 bits per heavy atom. The quantitative estimate of drug-likeness (QED) is 0.805. The molecule has 1 saturated heterocycles. The van der Waals surface area contributed by atoms with Crippen LogP contribution in [0.15, 0.2) is 30.3 Å². The molecule has 1 atom stereocenters. The Balaban J connectivity index is 1.76. The summed E-state index contributed by atoms with van der Waals surface area (Å²) >= 11 is 0. The predicted octanol–water partition coefficient (Wildman–Crippen LogP) is 1.58. The maximum absolute atomic E-state index is 12.7. The molecule has 2 aromatic rings. The minimum Gasteiger partial charge on any atom is -0.323 e. The first kappa shape index (κ1) is 17.1. The Bertz CT molecular complexity index is 772. The highest BCUT2D eigenvalue weighted by Crippen LogP contribution is 2.25. The number of hydrogen-bond acceptors (Lipinski definition) is 5. The van der Waals surface area contributed by atoms with Gasteiger partial charge >= 0.3 is 6.03 Å². The second-order valence-corrected chi connectivity index (χ2v) is 6.99. The lowest BCUT2D eigenvalue weighted by Gasteiger charge is -2.23. The third-order valence-corrected chi connectivity index (χ3v) is 4.24. The summed E-state index contributed by atoms with van der Waals surface area (Å²) in [5.41, 5.74) is 0.168. The molecule has 0 spiro atoms. The first-order valence-corrected chi connectivity index (χ1v) is 8.32. The fourth-order valence-electron chi connectivity index (χ4n) is 3.20. The van der Waals surface area contributed by atoms with Gasteiger partial charge < -0.3 is 5.32 Å². The fourth-order valence-corrected chi connectivity index (χ4v) is 3.20. The zero-order valence-corrected chi connectivity index (χ0v) is 14.6. The molecule has 0 saturated carbocycles. The number of aromatic nitrogens is 4. The number of hydrogen-bond donors (Lipinski definition) is 1. The van der Waals surface area contributed by atoms with E-state index in [-0.39, 0.29) is 18.4 Å². The maximum atomic E-state index is 12.7. The molecule has 1 aliphatic rings. The van der Waals surface area contributed by atoms with E-state index in [0.717, 1.165) is 5.56 Å². The molecule has 132 valence electrons. The van der Waals surface area contributed by atoms with E-state index < -0.39 is 11.6 Å². The number of imide groups is 1. The molecule has 3 amide bonds. The Morgan fingerprint density at radius 3 is 2.56 bits per heavy atom. The summed E-state index contributed by atoms with van der Waals surface area (Å²) < 4.78 is 1.61. The summed E-state index contributed by atoms with van der Waals surface area (Å²) in [6.45, 7) is 6.34. The number of tetrazole rings is 1. The number of amides is 3. The molecule has 1 aliphatic heterocycles. The molecule has 0 aliphatic carbocycles. The molecular weight excluding hydrogens is 320 g/mol. The number of carbonyl (C=O) groups is 2. The van der Waals surface area contributed by atoms with Crippen molar-refractivity contribution in [3.63, 3.8) is 0 Å². The van der Waals surface area contributed by atoms with E-state index in [9.17, 15) is 9.59 Å². The average Bonchev–Trinajstić information content (AvgIpc) is 3.06. The van der Waals surface area contributed by atoms with E-state index in [4.69, 9.17) is 0 Å². The molecule has 1 aromatic heterocycles. The fraction of sp³-hybridized carbons (Fsp3) is 0.471. The summed E-state index contributed by atoms with van der Waals surface area (Å²) in [5.74, 6) is 0.527. The van der Waals surface area contributed by atoms with Crippen molar-refractivity contribution < 1.29 is 9.59 Å². The molecule has 0 radical (unpaired) electrons. The molecule has 25 heavy (non-hydrogen) atoms. The smallest absolute Gasteiger partial charge is 0.323 e. The lowest BCUT2D eigenvalue weighted by Crippen LogP contribution is -2.45. The van der Waals surface area contributed by atoms with Crippen molar-refractivity contribution in [1.82, 2.24) is 30.4 Å². The van der Waals surface area contributed by atoms with Crippen LogP contribution in [0.4, 0.5) is 4.79 Å². The molecule has 0 unspecified atom stereocenters. The van der Waals surface area contributed by atoms with Gasteiger partial charge in [-0.15, -0.1) is 5.10 Å². The van der Waals surface area contributed by atoms with Gasteiger partial charge in [-0.1, -0.05) is 44.2 Å². The zero-order valence-electron chi connectivity index (χ0n) is 14.6. The first-order chi connectivity index (χ1) is 11.9. The highest BCUT2D eigenvalue weighted by atomic mass is 16.2. The van der Waals surface area contributed by atoms with Crippen LogP contribution >= 0.6 is 0 Å². The number of nitrogens with one attached hydrogen (secondary N) is 1. The number of benzene rings is 1. The molecule has 0 bridgehead atoms. The highest BCUT2D eigenvalue weighted by molar-refractivity contribution is 6.06. The van der Waals surface area contributed by atoms with E-state index in [0.29, 0.717) is 18.8 Å². The van der Waals surface area contributed by atoms with Gasteiger partial charge in [-0.2, -0.15) is 0 Å². The minimum absolute atomic E-state index is 0.0538. The minimum atomic E-state index is -0.872. The third kappa shape index (κ3) is 3.52. The van der Waals surface area contributed by atoms with Crippen molar-refractivity contribution in [3.05, 3.63) is 41.7 Å². The molecule has 1 N–H and O–H groups in total. The van der Waals surface area contributed by atoms with Crippen LogP contribution in [-0.2, 0) is 17.9 Å². The van der Waals surface area contributed by atoms with Crippen LogP contribution in [0.25, 0.3) is 0 Å². The molecule has 3 rings (SSSR count). The number of rotatable bonds is 6. The van der Waals surface area contributed by atoms with Crippen molar-refractivity contribution in [2.24, 2.45) is 5.92 Å². The van der Waals surface area contributed by atoms with Gasteiger partial charge in [-0.3, -0.25) is 9.69 Å². The number of nitrogens with zero attached hydrogens (tertiary/aromatic N) is 5. The first-order valence-electron chi connectivity index (χ1n) is 8.32. The summed E-state index contributed by atoms with van der Waals surface area (Å²) in [5, 5.41) is 14.4. The van der Waals surface area contributed by atoms with Crippen LogP contribution < -0.4 is 5.32 Å². The SMILES string of the molecule is CC(C)C[C@]1(C)NC(=O)N(Cc2nnnn2Cc2ccccc2)C1=O. The second kappa shape index (κ2) is 6.62. The van der Waals surface area contributed by atoms with Gasteiger partial charge in [0, 0.05) is 0 Å². The topological polar surface area (TPSA) is 93.0 Å². The van der Waals surface area contributed by atoms with Crippen molar-refractivity contribution in [2.45, 2.75) is 45.8 Å². The summed E-state index contributed by atoms with van der Waals surface area (Å²) in [4.78, 5) is 26.2. The zero-order chi connectivity index (χ0) is 18.0. The van der Waals surface area contributed by atoms with Crippen LogP contribution in [0.1, 0.15) is 38.6 Å². The van der Waals surface area contributed by atoms with Gasteiger partial charge in [0.25, 0.3) is 5.91 Å². The van der Waals surface area contributed by atoms with Crippen molar-refractivity contribution in [2.75, 3.05) is 0 Å². The van der Waals surface area contributed by atoms with Gasteiger partial charge in [0.15, 0.2) is 5.82 Å². The normalized spacial score (nSPS) is 20.4. The van der Waals surface area contributed by atoms with Crippen LogP contribution in [0.2, 0.25) is 0 Å².